The van der Waals surface area contributed by atoms with Crippen LogP contribution in [0.5, 0.6) is 23.0 Å². The van der Waals surface area contributed by atoms with E-state index in [0.717, 1.165) is 62.3 Å². The van der Waals surface area contributed by atoms with Crippen molar-refractivity contribution in [3.63, 3.8) is 0 Å². The number of allylic oxidation sites excluding steroid dienone is 2. The lowest BCUT2D eigenvalue weighted by Crippen LogP contribution is -2.54. The Kier molecular flexibility index (Phi) is 30.9. The van der Waals surface area contributed by atoms with Crippen LogP contribution in [0.1, 0.15) is 130 Å². The summed E-state index contributed by atoms with van der Waals surface area (Å²) < 4.78 is 92.2. The molecule has 0 radical (unpaired) electrons. The maximum absolute atomic E-state index is 13.1. The van der Waals surface area contributed by atoms with Crippen LogP contribution >= 0.6 is 0 Å². The van der Waals surface area contributed by atoms with Gasteiger partial charge in [-0.1, -0.05) is 74.5 Å². The van der Waals surface area contributed by atoms with Crippen molar-refractivity contribution in [2.45, 2.75) is 127 Å². The maximum atomic E-state index is 13.1. The molecule has 28 nitrogen and oxygen atoms in total. The molecule has 7 N–H and O–H groups in total. The molecule has 12 rings (SSSR count). The Bertz CT molecular complexity index is 5100. The number of likely N-dealkylation sites (N-methyl/N-ethyl adjacent to an activating group) is 1. The number of carbonyl (C=O) groups is 8. The van der Waals surface area contributed by atoms with Crippen molar-refractivity contribution in [1.82, 2.24) is 14.5 Å². The van der Waals surface area contributed by atoms with Gasteiger partial charge in [0.1, 0.15) is 17.7 Å². The maximum Gasteiger partial charge on any atom is 0.335 e. The number of ether oxygens (including phenoxy) is 5. The van der Waals surface area contributed by atoms with Crippen LogP contribution in [-0.2, 0) is 64.0 Å². The van der Waals surface area contributed by atoms with Gasteiger partial charge in [-0.2, -0.15) is 4.31 Å². The molecular weight excluding hydrogens is 1560 g/mol. The number of fused-ring (bicyclic) bond motifs is 6. The molecule has 4 fully saturated rings. The largest absolute Gasteiger partial charge is 0.493 e. The minimum Gasteiger partial charge on any atom is -0.493 e. The number of anilines is 3. The molecule has 6 unspecified atom stereocenters. The van der Waals surface area contributed by atoms with Crippen LogP contribution < -0.4 is 40.2 Å². The topological polar surface area (TPSA) is 388 Å². The smallest absolute Gasteiger partial charge is 0.335 e. The summed E-state index contributed by atoms with van der Waals surface area (Å²) in [5.74, 6) is 3.08. The number of benzene rings is 6. The van der Waals surface area contributed by atoms with E-state index in [1.54, 1.807) is 112 Å². The van der Waals surface area contributed by atoms with Crippen molar-refractivity contribution < 1.29 is 103 Å². The summed E-state index contributed by atoms with van der Waals surface area (Å²) in [5.41, 5.74) is 4.59. The number of carbonyl (C=O) groups excluding carboxylic acids is 6. The van der Waals surface area contributed by atoms with Gasteiger partial charge >= 0.3 is 11.9 Å². The second-order valence-corrected chi connectivity index (χ2v) is 34.5. The van der Waals surface area contributed by atoms with E-state index in [-0.39, 0.29) is 108 Å². The van der Waals surface area contributed by atoms with Gasteiger partial charge in [-0.05, 0) is 216 Å². The van der Waals surface area contributed by atoms with Crippen LogP contribution in [0.4, 0.5) is 21.5 Å². The number of sulfone groups is 1. The molecule has 0 bridgehead atoms. The molecule has 0 spiro atoms. The lowest BCUT2D eigenvalue weighted by molar-refractivity contribution is -0.145. The Morgan fingerprint density at radius 1 is 0.763 bits per heavy atom. The Hall–Kier alpha value is -11.3. The molecule has 2 aliphatic heterocycles. The highest BCUT2D eigenvalue weighted by atomic mass is 32.2. The number of nitrogens with one attached hydrogen (secondary N) is 4. The quantitative estimate of drug-likeness (QED) is 0.0143. The van der Waals surface area contributed by atoms with E-state index < -0.39 is 66.8 Å². The van der Waals surface area contributed by atoms with E-state index in [9.17, 15) is 69.8 Å². The van der Waals surface area contributed by atoms with Gasteiger partial charge in [-0.3, -0.25) is 38.5 Å². The number of nitrogens with zero attached hydrogens (tertiary/aromatic N) is 3. The van der Waals surface area contributed by atoms with Crippen molar-refractivity contribution in [1.29, 1.82) is 0 Å². The molecule has 2 heterocycles. The fourth-order valence-electron chi connectivity index (χ4n) is 15.7. The van der Waals surface area contributed by atoms with Crippen molar-refractivity contribution in [3.05, 3.63) is 173 Å². The number of aliphatic carboxylic acids is 1. The molecule has 0 aromatic heterocycles. The van der Waals surface area contributed by atoms with E-state index in [1.165, 1.54) is 65.5 Å². The Morgan fingerprint density at radius 2 is 1.46 bits per heavy atom. The number of carboxylic acids is 2. The third-order valence-corrected chi connectivity index (χ3v) is 26.4. The highest BCUT2D eigenvalue weighted by molar-refractivity contribution is 7.90. The number of hydrogen-bond donors (Lipinski definition) is 7. The molecule has 1 saturated heterocycles. The number of amides is 4. The second-order valence-electron chi connectivity index (χ2n) is 30.6. The zero-order valence-corrected chi connectivity index (χ0v) is 68.7. The average Bonchev–Trinajstić information content (AvgIpc) is 1.49. The number of rotatable bonds is 27. The van der Waals surface area contributed by atoms with Crippen LogP contribution in [0.3, 0.4) is 0 Å². The lowest BCUT2D eigenvalue weighted by atomic mass is 9.46. The molecule has 6 aromatic rings. The Morgan fingerprint density at radius 3 is 2.14 bits per heavy atom. The average molecular weight is 1660 g/mol. The van der Waals surface area contributed by atoms with Crippen LogP contribution in [0.15, 0.2) is 154 Å². The van der Waals surface area contributed by atoms with Gasteiger partial charge < -0.3 is 65.1 Å². The van der Waals surface area contributed by atoms with E-state index in [2.05, 4.69) is 58.2 Å². The molecule has 628 valence electrons. The predicted molar refractivity (Wildman–Crippen MR) is 438 cm³/mol. The summed E-state index contributed by atoms with van der Waals surface area (Å²) >= 11 is 0. The first-order chi connectivity index (χ1) is 56.0. The number of hydrogen-bond acceptors (Lipinski definition) is 21. The summed E-state index contributed by atoms with van der Waals surface area (Å²) in [6.45, 7) is 12.0. The second kappa shape index (κ2) is 40.2. The first kappa shape index (κ1) is 90.6. The number of sulfonamides is 1. The lowest BCUT2D eigenvalue weighted by Gasteiger charge is -2.58. The van der Waals surface area contributed by atoms with Gasteiger partial charge in [0.15, 0.2) is 51.8 Å². The Labute approximate surface area is 686 Å². The van der Waals surface area contributed by atoms with E-state index in [0.29, 0.717) is 100 Å². The molecule has 4 aliphatic carbocycles. The number of Topliss-reactive ketones (excluding diaryl/α,β-unsaturated/α-hetero) is 1. The summed E-state index contributed by atoms with van der Waals surface area (Å²) in [7, 11) is -4.51. The molecule has 8 atom stereocenters. The highest BCUT2D eigenvalue weighted by Crippen LogP contribution is 2.67. The minimum absolute atomic E-state index is 0.0128. The standard InChI is InChI=1S/C31H44N2O6.C20H20FN3O2.C19H21NO7S2.C17H15NO6/c1-6-31(38)14-11-26-23-8-7-20-15-21(9-12-29(20,4)25(23)10-13-30(26,31)5)33-39-18-27(35)32-17-22(34)16-24(19(2)3)28(36)37;1-4-15-8-10-17(11-9-15)23-20(26)14(2)24(3)13-19(25)22-18-7-5-6-16(21)12-18;1-14-5-6-15(11-18(14)29(25,26)20-7-9-27-10-8-20)13-28(23,24)17-4-2-3-16(12-17)19(21)22;1-21-15-6-11(8-19)2-4-13(15)22-9-17(20)18-12-3-5-14-16(7-12)24-10-23-14/h1,15,19,23-26,38H,7-14,16-18H2,2-5H3,(H,32,35)(H,36,37);1,5-12,14H,13H2,2-3H3,(H,22,25)(H,23,26);2-6,11-12H,7-10,13H2,1H3,(H,21,22);2-8H,9-10H2,1H3,(H,18,20)/b33-21+;;;/t23?,24?,25?,26?,29-,30-,31?;;;/m0.../s1. The van der Waals surface area contributed by atoms with E-state index in [1.807, 2.05) is 0 Å². The van der Waals surface area contributed by atoms with Crippen molar-refractivity contribution in [3.8, 4) is 47.7 Å². The van der Waals surface area contributed by atoms with Gasteiger partial charge in [0.25, 0.3) is 11.8 Å². The zero-order chi connectivity index (χ0) is 85.9. The van der Waals surface area contributed by atoms with Gasteiger partial charge in [0.05, 0.1) is 72.2 Å². The summed E-state index contributed by atoms with van der Waals surface area (Å²) in [5, 5.41) is 44.3. The third kappa shape index (κ3) is 22.9. The van der Waals surface area contributed by atoms with Gasteiger partial charge in [-0.15, -0.1) is 12.8 Å². The summed E-state index contributed by atoms with van der Waals surface area (Å²) in [6.07, 6.45) is 21.4. The zero-order valence-electron chi connectivity index (χ0n) is 67.1. The van der Waals surface area contributed by atoms with Crippen LogP contribution in [0, 0.1) is 77.8 Å². The first-order valence-corrected chi connectivity index (χ1v) is 41.6. The monoisotopic (exact) mass is 1660 g/mol. The fraction of sp³-hybridized carbons (Fsp3) is 0.414. The van der Waals surface area contributed by atoms with Crippen molar-refractivity contribution in [2.75, 3.05) is 89.5 Å². The predicted octanol–water partition coefficient (Wildman–Crippen LogP) is 10.8. The number of halogens is 1. The van der Waals surface area contributed by atoms with E-state index in [4.69, 9.17) is 46.5 Å². The van der Waals surface area contributed by atoms with Crippen LogP contribution in [0.25, 0.3) is 0 Å². The highest BCUT2D eigenvalue weighted by Gasteiger charge is 2.63. The third-order valence-electron chi connectivity index (χ3n) is 22.6. The molecule has 6 aliphatic rings. The molecule has 31 heteroatoms. The van der Waals surface area contributed by atoms with Crippen molar-refractivity contribution >= 4 is 90.3 Å². The number of methoxy groups -OCH3 is 1. The number of oxime groups is 1. The minimum atomic E-state index is -3.86. The molecule has 3 saturated carbocycles. The molecule has 118 heavy (non-hydrogen) atoms. The summed E-state index contributed by atoms with van der Waals surface area (Å²) in [6, 6.07) is 31.4. The summed E-state index contributed by atoms with van der Waals surface area (Å²) in [4.78, 5) is 101. The van der Waals surface area contributed by atoms with Crippen LogP contribution in [0.2, 0.25) is 0 Å². The van der Waals surface area contributed by atoms with Gasteiger partial charge in [0, 0.05) is 59.2 Å². The molecular formula is C87H100FN7O21S2. The number of aromatic carboxylic acids is 1. The number of carboxylic acid groups (broad SMARTS) is 2. The number of terminal acetylenes is 2. The van der Waals surface area contributed by atoms with E-state index >= 15 is 0 Å². The number of aryl methyl sites for hydroxylation is 1. The van der Waals surface area contributed by atoms with Gasteiger partial charge in [-0.25, -0.2) is 26.0 Å². The molecule has 6 aromatic carbocycles. The first-order valence-electron chi connectivity index (χ1n) is 38.5. The van der Waals surface area contributed by atoms with Crippen LogP contribution in [-0.4, -0.2) is 180 Å². The number of morpholine rings is 1. The normalized spacial score (nSPS) is 21.1. The Balaban J connectivity index is 0.000000183. The number of aldehydes is 1. The SMILES string of the molecule is C#CC1(O)CCC2C3CCC4=C/C(=N/OCC(=O)NCC(=O)CC(C(=O)O)C(C)C)CC[C@]4(C)C3CC[C@@]21C.C#Cc1ccc(NC(=O)C(C)N(C)CC(=O)Nc2cccc(F)c2)cc1.COc1cc(C=O)ccc1OCC(=O)Nc1ccc2c(c1)OCO2.Cc1ccc(CS(=O)(=O)c2cccc(C(=O)O)c2)cc1S(=O)(=O)N1CCOCC1. The van der Waals surface area contributed by atoms with Gasteiger partial charge in [0.2, 0.25) is 28.6 Å². The molecule has 4 amide bonds. The van der Waals surface area contributed by atoms with Crippen molar-refractivity contribution in [2.24, 2.45) is 45.6 Å². The number of aliphatic hydroxyl groups is 1. The fourth-order valence-corrected chi connectivity index (χ4v) is 18.8. The number of ketones is 1.